The third kappa shape index (κ3) is 7.21. The Hall–Kier alpha value is -1.17. The summed E-state index contributed by atoms with van der Waals surface area (Å²) < 4.78 is 66.3. The zero-order valence-electron chi connectivity index (χ0n) is 17.5. The molecule has 0 N–H and O–H groups in total. The van der Waals surface area contributed by atoms with Gasteiger partial charge in [0, 0.05) is 0 Å². The Bertz CT molecular complexity index is 643. The molecule has 3 rings (SSSR count). The van der Waals surface area contributed by atoms with Crippen molar-refractivity contribution in [3.63, 3.8) is 0 Å². The van der Waals surface area contributed by atoms with Gasteiger partial charge < -0.3 is 0 Å². The molecule has 0 spiro atoms. The lowest BCUT2D eigenvalue weighted by atomic mass is 9.68. The van der Waals surface area contributed by atoms with E-state index in [1.54, 1.807) is 6.07 Å². The lowest BCUT2D eigenvalue weighted by Gasteiger charge is -2.38. The van der Waals surface area contributed by atoms with Crippen LogP contribution in [0.15, 0.2) is 18.2 Å². The van der Waals surface area contributed by atoms with Crippen LogP contribution in [0.3, 0.4) is 0 Å². The quantitative estimate of drug-likeness (QED) is 0.297. The molecule has 0 radical (unpaired) electrons. The summed E-state index contributed by atoms with van der Waals surface area (Å²) in [5.74, 6) is 1.04. The Morgan fingerprint density at radius 3 is 2.00 bits per heavy atom. The van der Waals surface area contributed by atoms with Crippen LogP contribution in [-0.4, -0.2) is 13.0 Å². The molecule has 2 aliphatic rings. The molecule has 2 fully saturated rings. The van der Waals surface area contributed by atoms with Crippen LogP contribution in [0.2, 0.25) is 0 Å². The zero-order valence-corrected chi connectivity index (χ0v) is 17.5. The lowest BCUT2D eigenvalue weighted by molar-refractivity contribution is -0.324. The number of unbranched alkanes of at least 4 members (excludes halogenated alkanes) is 2. The molecule has 1 aromatic carbocycles. The van der Waals surface area contributed by atoms with Gasteiger partial charge in [-0.25, -0.2) is 8.78 Å². The highest BCUT2D eigenvalue weighted by atomic mass is 19.4. The molecule has 0 bridgehead atoms. The van der Waals surface area contributed by atoms with E-state index in [0.717, 1.165) is 62.3 Å². The van der Waals surface area contributed by atoms with E-state index >= 15 is 0 Å². The van der Waals surface area contributed by atoms with E-state index in [1.165, 1.54) is 37.8 Å². The lowest BCUT2D eigenvalue weighted by Crippen LogP contribution is -2.25. The SMILES string of the molecule is Fc1ccc(C2CCC(C3CCC(CCCCCOC(F)(F)F)CC3)CC2)cc1F. The van der Waals surface area contributed by atoms with Crippen LogP contribution in [0.25, 0.3) is 0 Å². The minimum atomic E-state index is -4.51. The number of ether oxygens (including phenoxy) is 1. The molecule has 0 aromatic heterocycles. The molecular formula is C24H33F5O. The maximum atomic E-state index is 13.5. The molecule has 170 valence electrons. The molecule has 6 heteroatoms. The molecule has 0 saturated heterocycles. The van der Waals surface area contributed by atoms with Crippen LogP contribution in [0, 0.1) is 29.4 Å². The van der Waals surface area contributed by atoms with Crippen LogP contribution in [0.4, 0.5) is 22.0 Å². The van der Waals surface area contributed by atoms with Crippen LogP contribution in [0.1, 0.15) is 88.5 Å². The normalized spacial score (nSPS) is 27.9. The summed E-state index contributed by atoms with van der Waals surface area (Å²) in [4.78, 5) is 0. The van der Waals surface area contributed by atoms with Crippen molar-refractivity contribution >= 4 is 0 Å². The zero-order chi connectivity index (χ0) is 21.6. The summed E-state index contributed by atoms with van der Waals surface area (Å²) in [6.07, 6.45) is 8.25. The average molecular weight is 433 g/mol. The van der Waals surface area contributed by atoms with E-state index in [2.05, 4.69) is 4.74 Å². The van der Waals surface area contributed by atoms with Crippen molar-refractivity contribution in [3.8, 4) is 0 Å². The average Bonchev–Trinajstić information content (AvgIpc) is 2.72. The second-order valence-corrected chi connectivity index (χ2v) is 9.21. The predicted octanol–water partition coefficient (Wildman–Crippen LogP) is 8.14. The molecule has 2 saturated carbocycles. The first-order valence-corrected chi connectivity index (χ1v) is 11.5. The number of benzene rings is 1. The summed E-state index contributed by atoms with van der Waals surface area (Å²) >= 11 is 0. The summed E-state index contributed by atoms with van der Waals surface area (Å²) in [6, 6.07) is 4.33. The van der Waals surface area contributed by atoms with Crippen molar-refractivity contribution in [3.05, 3.63) is 35.4 Å². The van der Waals surface area contributed by atoms with Crippen LogP contribution < -0.4 is 0 Å². The van der Waals surface area contributed by atoms with E-state index in [4.69, 9.17) is 0 Å². The molecule has 0 unspecified atom stereocenters. The standard InChI is InChI=1S/C24H33F5O/c25-22-14-13-21(16-23(22)26)20-11-9-19(10-12-20)18-7-5-17(6-8-18)4-2-1-3-15-30-24(27,28)29/h13-14,16-20H,1-12,15H2. The van der Waals surface area contributed by atoms with Gasteiger partial charge in [-0.05, 0) is 86.3 Å². The predicted molar refractivity (Wildman–Crippen MR) is 107 cm³/mol. The van der Waals surface area contributed by atoms with E-state index in [9.17, 15) is 22.0 Å². The number of alkyl halides is 3. The molecule has 2 aliphatic carbocycles. The molecular weight excluding hydrogens is 399 g/mol. The van der Waals surface area contributed by atoms with Crippen LogP contribution in [0.5, 0.6) is 0 Å². The summed E-state index contributed by atoms with van der Waals surface area (Å²) in [6.45, 7) is -0.233. The molecule has 0 amide bonds. The van der Waals surface area contributed by atoms with Gasteiger partial charge in [0.15, 0.2) is 11.6 Å². The van der Waals surface area contributed by atoms with E-state index in [-0.39, 0.29) is 6.61 Å². The van der Waals surface area contributed by atoms with Crippen molar-refractivity contribution in [1.82, 2.24) is 0 Å². The topological polar surface area (TPSA) is 9.23 Å². The van der Waals surface area contributed by atoms with E-state index < -0.39 is 18.0 Å². The molecule has 1 aromatic rings. The van der Waals surface area contributed by atoms with Gasteiger partial charge in [0.25, 0.3) is 0 Å². The fourth-order valence-electron chi connectivity index (χ4n) is 5.54. The number of halogens is 5. The Labute approximate surface area is 176 Å². The highest BCUT2D eigenvalue weighted by molar-refractivity contribution is 5.22. The fourth-order valence-corrected chi connectivity index (χ4v) is 5.54. The minimum Gasteiger partial charge on any atom is -0.292 e. The number of hydrogen-bond acceptors (Lipinski definition) is 1. The molecule has 0 heterocycles. The van der Waals surface area contributed by atoms with Crippen LogP contribution >= 0.6 is 0 Å². The Morgan fingerprint density at radius 1 is 0.767 bits per heavy atom. The van der Waals surface area contributed by atoms with Crippen molar-refractivity contribution in [2.45, 2.75) is 89.3 Å². The van der Waals surface area contributed by atoms with Crippen molar-refractivity contribution in [2.75, 3.05) is 6.61 Å². The number of hydrogen-bond donors (Lipinski definition) is 0. The van der Waals surface area contributed by atoms with Gasteiger partial charge in [-0.15, -0.1) is 13.2 Å². The monoisotopic (exact) mass is 432 g/mol. The van der Waals surface area contributed by atoms with Crippen molar-refractivity contribution in [1.29, 1.82) is 0 Å². The third-order valence-electron chi connectivity index (χ3n) is 7.27. The van der Waals surface area contributed by atoms with Crippen molar-refractivity contribution in [2.24, 2.45) is 17.8 Å². The second kappa shape index (κ2) is 10.9. The Morgan fingerprint density at radius 2 is 1.40 bits per heavy atom. The second-order valence-electron chi connectivity index (χ2n) is 9.21. The first-order chi connectivity index (χ1) is 14.3. The van der Waals surface area contributed by atoms with Gasteiger partial charge in [-0.1, -0.05) is 38.2 Å². The maximum Gasteiger partial charge on any atom is 0.522 e. The van der Waals surface area contributed by atoms with Gasteiger partial charge in [-0.2, -0.15) is 0 Å². The summed E-state index contributed by atoms with van der Waals surface area (Å²) in [5.41, 5.74) is 0.927. The van der Waals surface area contributed by atoms with Gasteiger partial charge >= 0.3 is 6.36 Å². The van der Waals surface area contributed by atoms with E-state index in [1.807, 2.05) is 0 Å². The fraction of sp³-hybridized carbons (Fsp3) is 0.750. The Balaban J connectivity index is 1.30. The highest BCUT2D eigenvalue weighted by Crippen LogP contribution is 2.44. The van der Waals surface area contributed by atoms with Crippen molar-refractivity contribution < 1.29 is 26.7 Å². The van der Waals surface area contributed by atoms with Gasteiger partial charge in [-0.3, -0.25) is 4.74 Å². The summed E-state index contributed by atoms with van der Waals surface area (Å²) in [5, 5.41) is 0. The first kappa shape index (κ1) is 23.5. The Kier molecular flexibility index (Phi) is 8.55. The van der Waals surface area contributed by atoms with Crippen LogP contribution in [-0.2, 0) is 4.74 Å². The highest BCUT2D eigenvalue weighted by Gasteiger charge is 2.31. The van der Waals surface area contributed by atoms with Gasteiger partial charge in [0.2, 0.25) is 0 Å². The van der Waals surface area contributed by atoms with Gasteiger partial charge in [0.1, 0.15) is 0 Å². The third-order valence-corrected chi connectivity index (χ3v) is 7.27. The first-order valence-electron chi connectivity index (χ1n) is 11.5. The van der Waals surface area contributed by atoms with Gasteiger partial charge in [0.05, 0.1) is 6.61 Å². The van der Waals surface area contributed by atoms with E-state index in [0.29, 0.717) is 18.3 Å². The number of rotatable bonds is 8. The molecule has 1 nitrogen and oxygen atoms in total. The minimum absolute atomic E-state index is 0.233. The molecule has 30 heavy (non-hydrogen) atoms. The largest absolute Gasteiger partial charge is 0.522 e. The smallest absolute Gasteiger partial charge is 0.292 e. The molecule has 0 aliphatic heterocycles. The maximum absolute atomic E-state index is 13.5. The summed E-state index contributed by atoms with van der Waals surface area (Å²) in [7, 11) is 0. The molecule has 0 atom stereocenters.